The molecule has 7 aromatic rings. The zero-order chi connectivity index (χ0) is 85.6. The summed E-state index contributed by atoms with van der Waals surface area (Å²) in [5, 5.41) is 14.5. The van der Waals surface area contributed by atoms with Gasteiger partial charge in [0.25, 0.3) is 30.9 Å². The minimum Gasteiger partial charge on any atom is -0.402 e. The molecule has 8 heterocycles. The smallest absolute Gasteiger partial charge is 0.402 e. The molecule has 1 amide bonds. The number of nitrogens with zero attached hydrogens (tertiary/aromatic N) is 8. The molecule has 0 saturated carbocycles. The molecule has 5 N–H and O–H groups in total. The molecule has 3 aromatic carbocycles. The third-order valence-electron chi connectivity index (χ3n) is 19.7. The van der Waals surface area contributed by atoms with Gasteiger partial charge in [-0.15, -0.1) is 0 Å². The lowest BCUT2D eigenvalue weighted by Crippen LogP contribution is -2.68. The first-order valence-electron chi connectivity index (χ1n) is 37.6. The number of hydrogen-bond acceptors (Lipinski definition) is 29. The number of carbonyl (C=O) groups excluding carboxylic acids is 1. The van der Waals surface area contributed by atoms with Crippen LogP contribution in [0.3, 0.4) is 0 Å². The molecule has 11 rings (SSSR count). The van der Waals surface area contributed by atoms with Crippen molar-refractivity contribution in [3.8, 4) is 0 Å². The van der Waals surface area contributed by atoms with Crippen molar-refractivity contribution in [2.75, 3.05) is 91.5 Å². The molecule has 638 valence electrons. The molecule has 119 heavy (non-hydrogen) atoms. The van der Waals surface area contributed by atoms with Crippen LogP contribution in [0.25, 0.3) is 14.5 Å². The molecular formula is C75H91N12O28P3Si. The molecule has 40 nitrogen and oxygen atoms in total. The van der Waals surface area contributed by atoms with Crippen LogP contribution < -0.4 is 55.1 Å². The quantitative estimate of drug-likeness (QED) is 0.0138. The van der Waals surface area contributed by atoms with Crippen LogP contribution in [0.1, 0.15) is 97.6 Å². The number of ether oxygens (including phenoxy) is 6. The summed E-state index contributed by atoms with van der Waals surface area (Å²) in [4.78, 5) is 127. The predicted molar refractivity (Wildman–Crippen MR) is 424 cm³/mol. The molecule has 4 aliphatic heterocycles. The Kier molecular flexibility index (Phi) is 30.4. The lowest BCUT2D eigenvalue weighted by atomic mass is 10.1. The van der Waals surface area contributed by atoms with Crippen LogP contribution in [0.2, 0.25) is 5.04 Å². The summed E-state index contributed by atoms with van der Waals surface area (Å²) in [5.41, 5.74) is -5.23. The number of aliphatic hydroxyl groups is 1. The number of amides is 1. The lowest BCUT2D eigenvalue weighted by molar-refractivity contribution is -0.0833. The Morgan fingerprint density at radius 3 is 1.37 bits per heavy atom. The highest BCUT2D eigenvalue weighted by molar-refractivity contribution is 7.49. The number of carbonyl (C=O) groups is 1. The van der Waals surface area contributed by atoms with E-state index in [9.17, 15) is 43.5 Å². The third kappa shape index (κ3) is 21.7. The molecule has 4 saturated heterocycles. The zero-order valence-corrected chi connectivity index (χ0v) is 69.7. The first kappa shape index (κ1) is 90.5. The first-order chi connectivity index (χ1) is 56.8. The summed E-state index contributed by atoms with van der Waals surface area (Å²) in [6.45, 7) is 27.8. The second-order valence-corrected chi connectivity index (χ2v) is 38.1. The van der Waals surface area contributed by atoms with E-state index in [4.69, 9.17) is 93.3 Å². The van der Waals surface area contributed by atoms with Crippen LogP contribution in [0.5, 0.6) is 0 Å². The van der Waals surface area contributed by atoms with E-state index in [0.717, 1.165) is 30.3 Å². The number of aromatic nitrogens is 8. The van der Waals surface area contributed by atoms with E-state index in [1.54, 1.807) is 37.3 Å². The highest BCUT2D eigenvalue weighted by atomic mass is 31.2. The number of benzene rings is 3. The number of anilines is 1. The van der Waals surface area contributed by atoms with Gasteiger partial charge in [-0.05, 0) is 55.2 Å². The van der Waals surface area contributed by atoms with E-state index < -0.39 is 241 Å². The first-order valence-corrected chi connectivity index (χ1v) is 43.9. The third-order valence-corrected chi connectivity index (χ3v) is 29.2. The maximum atomic E-state index is 15.9. The van der Waals surface area contributed by atoms with Gasteiger partial charge in [0, 0.05) is 79.0 Å². The standard InChI is InChI=1S/C75H91N12O28P3Si/c1-46-38-84(71(93)80-65(46)79-69(92)50-21-15-12-16-22-50)62-37-55(115-119(75(5,6)7,51-23-17-13-18-24-51)52-25-19-14-20-26-52)59(110-62)45-106-117(98,103-31-28-77-9)113-53-35-60(85-39-47(2)66(89)81-72(85)94)108-57(53)43-105-116(97,102-30-27-76-8)112-54-36-61(86-40-48(3)67(90)82-73(86)95)109-58(54)44-107-118(99,104-32-29-78-10)114-63-56(42-88)111-70(64(63)101-34-33-100-11)87-41-49(4)68(91)83-74(87)96/h12-26,38-41,53-64,70,88H,27-37,42-45H2,1-7,11H3,(H,81,89,94)(H,82,90,95)(H,83,91,96)(H,79,80,92,93)/t53-,54-,55-,56-,57-,58-,59-,60-,61-,62-,63+,64?,70-,116?,117?,118?/m1/s1. The Morgan fingerprint density at radius 1 is 0.529 bits per heavy atom. The Morgan fingerprint density at radius 2 is 0.933 bits per heavy atom. The van der Waals surface area contributed by atoms with Gasteiger partial charge in [-0.3, -0.25) is 93.1 Å². The average Bonchev–Trinajstić information content (AvgIpc) is 1.31. The summed E-state index contributed by atoms with van der Waals surface area (Å²) >= 11 is 0. The van der Waals surface area contributed by atoms with E-state index in [-0.39, 0.29) is 42.1 Å². The van der Waals surface area contributed by atoms with Crippen molar-refractivity contribution in [2.24, 2.45) is 0 Å². The van der Waals surface area contributed by atoms with Gasteiger partial charge in [0.2, 0.25) is 19.6 Å². The summed E-state index contributed by atoms with van der Waals surface area (Å²) in [5.74, 6) is -0.542. The van der Waals surface area contributed by atoms with Crippen LogP contribution in [0.15, 0.2) is 149 Å². The van der Waals surface area contributed by atoms with E-state index in [1.807, 2.05) is 81.4 Å². The van der Waals surface area contributed by atoms with Gasteiger partial charge in [-0.2, -0.15) is 4.98 Å². The number of phosphoric ester groups is 3. The molecule has 4 aliphatic rings. The highest BCUT2D eigenvalue weighted by Gasteiger charge is 2.57. The van der Waals surface area contributed by atoms with E-state index in [1.165, 1.54) is 51.0 Å². The molecular weight excluding hydrogens is 1640 g/mol. The maximum Gasteiger partial charge on any atom is 0.475 e. The minimum absolute atomic E-state index is 0.0184. The molecule has 44 heteroatoms. The number of aryl methyl sites for hydroxylation is 4. The van der Waals surface area contributed by atoms with E-state index in [2.05, 4.69) is 39.8 Å². The molecule has 0 radical (unpaired) electrons. The Labute approximate surface area is 681 Å². The molecule has 4 fully saturated rings. The fourth-order valence-electron chi connectivity index (χ4n) is 13.9. The van der Waals surface area contributed by atoms with Gasteiger partial charge in [0.1, 0.15) is 93.2 Å². The van der Waals surface area contributed by atoms with Crippen LogP contribution in [0, 0.1) is 47.4 Å². The van der Waals surface area contributed by atoms with Crippen molar-refractivity contribution in [3.05, 3.63) is 251 Å². The van der Waals surface area contributed by atoms with Crippen LogP contribution in [-0.2, 0) is 87.3 Å². The van der Waals surface area contributed by atoms with Crippen molar-refractivity contribution in [3.63, 3.8) is 0 Å². The lowest BCUT2D eigenvalue weighted by Gasteiger charge is -2.45. The van der Waals surface area contributed by atoms with Crippen LogP contribution in [-0.4, -0.2) is 199 Å². The van der Waals surface area contributed by atoms with Crippen LogP contribution >= 0.6 is 23.5 Å². The molecule has 0 bridgehead atoms. The Balaban J connectivity index is 0.919. The average molecular weight is 1730 g/mol. The van der Waals surface area contributed by atoms with Crippen molar-refractivity contribution >= 4 is 53.9 Å². The fraction of sp³-hybridized carbons (Fsp3) is 0.493. The number of phosphoric acid groups is 3. The second kappa shape index (κ2) is 40.0. The zero-order valence-electron chi connectivity index (χ0n) is 66.0. The minimum atomic E-state index is -5.31. The number of H-pyrrole nitrogens is 3. The van der Waals surface area contributed by atoms with Crippen molar-refractivity contribution < 1.29 is 97.2 Å². The number of aliphatic hydroxyl groups excluding tert-OH is 1. The molecule has 0 spiro atoms. The van der Waals surface area contributed by atoms with Crippen molar-refractivity contribution in [1.82, 2.24) is 38.2 Å². The number of rotatable bonds is 39. The number of nitrogens with one attached hydrogen (secondary N) is 4. The summed E-state index contributed by atoms with van der Waals surface area (Å²) in [6, 6.07) is 27.4. The molecule has 4 aromatic heterocycles. The normalized spacial score (nSPS) is 24.0. The van der Waals surface area contributed by atoms with Gasteiger partial charge in [-0.1, -0.05) is 99.6 Å². The van der Waals surface area contributed by atoms with Crippen molar-refractivity contribution in [1.29, 1.82) is 0 Å². The van der Waals surface area contributed by atoms with Crippen molar-refractivity contribution in [2.45, 2.75) is 153 Å². The summed E-state index contributed by atoms with van der Waals surface area (Å²) in [7, 11) is -17.9. The predicted octanol–water partition coefficient (Wildman–Crippen LogP) is 5.45. The van der Waals surface area contributed by atoms with Gasteiger partial charge in [-0.25, -0.2) is 52.6 Å². The monoisotopic (exact) mass is 1730 g/mol. The van der Waals surface area contributed by atoms with Crippen LogP contribution in [0.4, 0.5) is 5.82 Å². The van der Waals surface area contributed by atoms with Gasteiger partial charge in [0.05, 0.1) is 45.7 Å². The second-order valence-electron chi connectivity index (χ2n) is 28.9. The molecule has 0 aliphatic carbocycles. The summed E-state index contributed by atoms with van der Waals surface area (Å²) in [6.07, 6.45) is -15.3. The molecule has 16 atom stereocenters. The van der Waals surface area contributed by atoms with Gasteiger partial charge < -0.3 is 57.8 Å². The fourth-order valence-corrected chi connectivity index (χ4v) is 22.8. The highest BCUT2D eigenvalue weighted by Crippen LogP contribution is 2.58. The Bertz CT molecular complexity index is 5420. The number of methoxy groups -OCH3 is 1. The number of aromatic amines is 3. The van der Waals surface area contributed by atoms with E-state index >= 15 is 13.7 Å². The molecule has 4 unspecified atom stereocenters. The van der Waals surface area contributed by atoms with Gasteiger partial charge in [0.15, 0.2) is 6.23 Å². The summed E-state index contributed by atoms with van der Waals surface area (Å²) < 4.78 is 151. The number of hydrogen-bond donors (Lipinski definition) is 5. The van der Waals surface area contributed by atoms with Gasteiger partial charge >= 0.3 is 46.2 Å². The largest absolute Gasteiger partial charge is 0.475 e. The topological polar surface area (TPSA) is 461 Å². The van der Waals surface area contributed by atoms with E-state index in [0.29, 0.717) is 11.1 Å². The maximum absolute atomic E-state index is 15.9. The Hall–Kier alpha value is -9.25. The SMILES string of the molecule is [C-]#[N+]CCOP(=O)(OC[C@H]1O[C@@H](n2cc(C)c(=O)[nH]c2=O)C[C@H]1OP(=O)(OCC[N+]#[C-])OC[C@H]1O[C@@H](n2cc(C)c(=O)[nH]c2=O)C[C@H]1OP(=O)(OCC[N+]#[C-])OC[C@H]1O[C@@H](n2cc(C)c(NC(=O)c3ccccc3)nc2=O)C[C@H]1O[Si](c1ccccc1)(c1ccccc1)C(C)(C)C)O[C@@H]1C(OCCOC)[C@H](n2cc(C)c(=O)[nH]c2=O)O[C@@H]1CO.